The van der Waals surface area contributed by atoms with Gasteiger partial charge in [0, 0.05) is 67.3 Å². The Bertz CT molecular complexity index is 6250. The van der Waals surface area contributed by atoms with Gasteiger partial charge in [0.1, 0.15) is 0 Å². The summed E-state index contributed by atoms with van der Waals surface area (Å²) in [4.78, 5) is 9.67. The monoisotopic (exact) mass is 1380 g/mol. The molecule has 0 saturated heterocycles. The fourth-order valence-electron chi connectivity index (χ4n) is 18.0. The van der Waals surface area contributed by atoms with E-state index in [1.165, 1.54) is 93.7 Å². The predicted octanol–water partition coefficient (Wildman–Crippen LogP) is 27.8. The molecule has 0 radical (unpaired) electrons. The minimum Gasteiger partial charge on any atom is -0.310 e. The molecular weight excluding hydrogens is 1310 g/mol. The molecule has 0 aliphatic heterocycles. The van der Waals surface area contributed by atoms with Gasteiger partial charge in [0.05, 0.1) is 27.9 Å². The van der Waals surface area contributed by atoms with E-state index in [2.05, 4.69) is 456 Å². The molecule has 4 heteroatoms. The summed E-state index contributed by atoms with van der Waals surface area (Å²) in [7, 11) is 0. The van der Waals surface area contributed by atoms with Crippen LogP contribution in [0.25, 0.3) is 54.6 Å². The van der Waals surface area contributed by atoms with E-state index in [0.717, 1.165) is 73.6 Å². The molecule has 0 saturated carbocycles. The van der Waals surface area contributed by atoms with E-state index in [-0.39, 0.29) is 0 Å². The second kappa shape index (κ2) is 26.6. The van der Waals surface area contributed by atoms with E-state index in [1.54, 1.807) is 0 Å². The van der Waals surface area contributed by atoms with Crippen LogP contribution < -0.4 is 19.6 Å². The largest absolute Gasteiger partial charge is 0.310 e. The normalized spacial score (nSPS) is 12.8. The quantitative estimate of drug-likeness (QED) is 0.0956. The molecule has 108 heavy (non-hydrogen) atoms. The average Bonchev–Trinajstić information content (AvgIpc) is 1.26. The zero-order chi connectivity index (χ0) is 71.5. The Morgan fingerprint density at radius 3 is 0.852 bits per heavy atom. The maximum Gasteiger partial charge on any atom is 0.0714 e. The molecular formula is C104H72N4. The summed E-state index contributed by atoms with van der Waals surface area (Å²) < 4.78 is 0. The minimum absolute atomic E-state index is 0.794. The molecule has 20 rings (SSSR count). The van der Waals surface area contributed by atoms with Crippen LogP contribution in [-0.4, -0.2) is 0 Å². The standard InChI is InChI=1S/C104H72N4/c1-9-36-75(37-10-1)103(76-38-11-2-12-39-76)95-55-31-54-92-101(108(82-50-23-8-24-51-82)86-64-62-85(63-65-86)107(81-48-21-7-22-49-81)100-57-30-35-74-33-26-28-53-89(74)100)69-68-91(102(92)95)94-72-97-93(71-98(94)103)90-67-66-87(70-96(90)104(97,77-40-13-3-14-41-77)78-42-15-4-16-43-78)105(79-44-17-5-18-45-79)83-58-60-84(61-59-83)106(80-46-19-6-20-47-80)99-56-29-34-73-32-25-27-52-88(73)99/h1-72H. The topological polar surface area (TPSA) is 13.0 Å². The number of para-hydroxylation sites is 4. The lowest BCUT2D eigenvalue weighted by atomic mass is 9.58. The zero-order valence-corrected chi connectivity index (χ0v) is 59.4. The number of hydrogen-bond acceptors (Lipinski definition) is 4. The maximum absolute atomic E-state index is 2.62. The lowest BCUT2D eigenvalue weighted by Gasteiger charge is -2.43. The lowest BCUT2D eigenvalue weighted by Crippen LogP contribution is -2.34. The van der Waals surface area contributed by atoms with Gasteiger partial charge in [0.2, 0.25) is 0 Å². The molecule has 508 valence electrons. The van der Waals surface area contributed by atoms with E-state index < -0.39 is 10.8 Å². The molecule has 18 aromatic rings. The molecule has 4 nitrogen and oxygen atoms in total. The molecule has 0 spiro atoms. The first-order valence-electron chi connectivity index (χ1n) is 37.3. The maximum atomic E-state index is 2.62. The first kappa shape index (κ1) is 63.6. The number of hydrogen-bond donors (Lipinski definition) is 0. The van der Waals surface area contributed by atoms with Crippen molar-refractivity contribution in [2.45, 2.75) is 10.8 Å². The van der Waals surface area contributed by atoms with Crippen molar-refractivity contribution in [2.75, 3.05) is 19.6 Å². The molecule has 2 aliphatic rings. The molecule has 18 aromatic carbocycles. The number of anilines is 12. The van der Waals surface area contributed by atoms with Crippen molar-refractivity contribution < 1.29 is 0 Å². The average molecular weight is 1380 g/mol. The summed E-state index contributed by atoms with van der Waals surface area (Å²) in [5, 5.41) is 7.14. The summed E-state index contributed by atoms with van der Waals surface area (Å²) in [5.74, 6) is 0. The van der Waals surface area contributed by atoms with Gasteiger partial charge in [-0.2, -0.15) is 0 Å². The zero-order valence-electron chi connectivity index (χ0n) is 59.4. The predicted molar refractivity (Wildman–Crippen MR) is 452 cm³/mol. The highest BCUT2D eigenvalue weighted by molar-refractivity contribution is 6.13. The Morgan fingerprint density at radius 1 is 0.157 bits per heavy atom. The van der Waals surface area contributed by atoms with E-state index >= 15 is 0 Å². The number of benzene rings is 18. The van der Waals surface area contributed by atoms with Gasteiger partial charge in [-0.05, 0) is 222 Å². The van der Waals surface area contributed by atoms with Crippen LogP contribution in [0.5, 0.6) is 0 Å². The lowest BCUT2D eigenvalue weighted by molar-refractivity contribution is 0.743. The second-order valence-corrected chi connectivity index (χ2v) is 28.2. The van der Waals surface area contributed by atoms with Crippen molar-refractivity contribution in [2.24, 2.45) is 0 Å². The van der Waals surface area contributed by atoms with Crippen molar-refractivity contribution in [1.29, 1.82) is 0 Å². The number of nitrogens with zero attached hydrogens (tertiary/aromatic N) is 4. The highest BCUT2D eigenvalue weighted by Gasteiger charge is 2.51. The molecule has 0 fully saturated rings. The van der Waals surface area contributed by atoms with Gasteiger partial charge < -0.3 is 19.6 Å². The summed E-state index contributed by atoms with van der Waals surface area (Å²) in [5.41, 5.74) is 25.8. The first-order chi connectivity index (χ1) is 53.6. The fraction of sp³-hybridized carbons (Fsp3) is 0.0192. The first-order valence-corrected chi connectivity index (χ1v) is 37.3. The number of rotatable bonds is 16. The van der Waals surface area contributed by atoms with Crippen molar-refractivity contribution in [3.8, 4) is 22.3 Å². The summed E-state index contributed by atoms with van der Waals surface area (Å²) in [6.45, 7) is 0. The van der Waals surface area contributed by atoms with Gasteiger partial charge in [0.25, 0.3) is 0 Å². The smallest absolute Gasteiger partial charge is 0.0714 e. The van der Waals surface area contributed by atoms with Crippen LogP contribution in [-0.2, 0) is 10.8 Å². The molecule has 0 heterocycles. The summed E-state index contributed by atoms with van der Waals surface area (Å²) in [6, 6.07) is 162. The Balaban J connectivity index is 0.802. The summed E-state index contributed by atoms with van der Waals surface area (Å²) >= 11 is 0. The molecule has 0 N–H and O–H groups in total. The molecule has 0 unspecified atom stereocenters. The van der Waals surface area contributed by atoms with Crippen LogP contribution in [0.1, 0.15) is 44.5 Å². The molecule has 0 bridgehead atoms. The van der Waals surface area contributed by atoms with E-state index in [0.29, 0.717) is 0 Å². The molecule has 2 aliphatic carbocycles. The third kappa shape index (κ3) is 10.3. The molecule has 0 aromatic heterocycles. The van der Waals surface area contributed by atoms with Crippen molar-refractivity contribution in [3.05, 3.63) is 481 Å². The highest BCUT2D eigenvalue weighted by atomic mass is 15.2. The third-order valence-corrected chi connectivity index (χ3v) is 22.5. The van der Waals surface area contributed by atoms with Crippen molar-refractivity contribution >= 4 is 101 Å². The van der Waals surface area contributed by atoms with Gasteiger partial charge in [-0.1, -0.05) is 297 Å². The molecule has 0 atom stereocenters. The second-order valence-electron chi connectivity index (χ2n) is 28.2. The van der Waals surface area contributed by atoms with E-state index in [1.807, 2.05) is 0 Å². The van der Waals surface area contributed by atoms with Crippen LogP contribution in [0.3, 0.4) is 0 Å². The minimum atomic E-state index is -0.801. The Labute approximate surface area is 630 Å². The SMILES string of the molecule is c1ccc(N(c2ccc(N(c3ccccc3)c3cccc4ccccc34)cc2)c2ccc3c(c2)C(c2ccccc2)(c2ccccc2)c2cc4c(cc2-3)C(c2ccccc2)(c2ccccc2)c2cccc3c(N(c5ccccc5)c5ccc(N(c6ccccc6)c6cccc7ccccc67)cc5)ccc-4c23)cc1. The van der Waals surface area contributed by atoms with Gasteiger partial charge in [-0.3, -0.25) is 0 Å². The Morgan fingerprint density at radius 2 is 0.435 bits per heavy atom. The van der Waals surface area contributed by atoms with E-state index in [9.17, 15) is 0 Å². The van der Waals surface area contributed by atoms with Gasteiger partial charge in [-0.15, -0.1) is 0 Å². The van der Waals surface area contributed by atoms with E-state index in [4.69, 9.17) is 0 Å². The van der Waals surface area contributed by atoms with Crippen LogP contribution in [0.15, 0.2) is 437 Å². The fourth-order valence-corrected chi connectivity index (χ4v) is 18.0. The van der Waals surface area contributed by atoms with Gasteiger partial charge >= 0.3 is 0 Å². The molecule has 0 amide bonds. The van der Waals surface area contributed by atoms with Crippen LogP contribution in [0.4, 0.5) is 68.2 Å². The van der Waals surface area contributed by atoms with Crippen LogP contribution in [0, 0.1) is 0 Å². The third-order valence-electron chi connectivity index (χ3n) is 22.5. The van der Waals surface area contributed by atoms with Crippen molar-refractivity contribution in [3.63, 3.8) is 0 Å². The summed E-state index contributed by atoms with van der Waals surface area (Å²) in [6.07, 6.45) is 0. The van der Waals surface area contributed by atoms with Gasteiger partial charge in [0.15, 0.2) is 0 Å². The Kier molecular flexibility index (Phi) is 15.7. The number of fused-ring (bicyclic) bond motifs is 7. The van der Waals surface area contributed by atoms with Crippen molar-refractivity contribution in [1.82, 2.24) is 0 Å². The Hall–Kier alpha value is -14.1. The highest BCUT2D eigenvalue weighted by Crippen LogP contribution is 2.64. The van der Waals surface area contributed by atoms with Gasteiger partial charge in [-0.25, -0.2) is 0 Å². The van der Waals surface area contributed by atoms with Crippen LogP contribution >= 0.6 is 0 Å². The van der Waals surface area contributed by atoms with Crippen LogP contribution in [0.2, 0.25) is 0 Å².